The molecule has 0 heterocycles. The molecule has 1 aliphatic rings. The van der Waals surface area contributed by atoms with Crippen LogP contribution in [-0.4, -0.2) is 0 Å². The predicted octanol–water partition coefficient (Wildman–Crippen LogP) is 6.14. The van der Waals surface area contributed by atoms with Crippen molar-refractivity contribution in [1.82, 2.24) is 0 Å². The molecule has 0 bridgehead atoms. The molecule has 0 N–H and O–H groups in total. The second-order valence-corrected chi connectivity index (χ2v) is 7.73. The van der Waals surface area contributed by atoms with Crippen molar-refractivity contribution >= 4 is 0 Å². The van der Waals surface area contributed by atoms with Gasteiger partial charge in [-0.1, -0.05) is 44.5 Å². The van der Waals surface area contributed by atoms with Crippen LogP contribution in [-0.2, 0) is 0 Å². The first-order valence-corrected chi connectivity index (χ1v) is 9.62. The zero-order valence-corrected chi connectivity index (χ0v) is 15.7. The van der Waals surface area contributed by atoms with Gasteiger partial charge in [-0.15, -0.1) is 0 Å². The van der Waals surface area contributed by atoms with Crippen molar-refractivity contribution in [3.05, 3.63) is 70.8 Å². The van der Waals surface area contributed by atoms with Gasteiger partial charge in [-0.25, -0.2) is 0 Å². The van der Waals surface area contributed by atoms with Crippen LogP contribution in [0.3, 0.4) is 0 Å². The molecule has 0 amide bonds. The van der Waals surface area contributed by atoms with E-state index in [4.69, 9.17) is 10.5 Å². The minimum atomic E-state index is 0.527. The quantitative estimate of drug-likeness (QED) is 0.669. The molecular weight excluding hydrogens is 316 g/mol. The van der Waals surface area contributed by atoms with Crippen molar-refractivity contribution < 1.29 is 0 Å². The Labute approximate surface area is 157 Å². The molecule has 1 aliphatic carbocycles. The molecule has 0 spiro atoms. The Balaban J connectivity index is 1.69. The van der Waals surface area contributed by atoms with Crippen LogP contribution in [0, 0.1) is 34.5 Å². The zero-order chi connectivity index (χ0) is 18.5. The highest BCUT2D eigenvalue weighted by Gasteiger charge is 2.30. The number of hydrogen-bond donors (Lipinski definition) is 0. The fourth-order valence-electron chi connectivity index (χ4n) is 4.44. The summed E-state index contributed by atoms with van der Waals surface area (Å²) < 4.78 is 0. The largest absolute Gasteiger partial charge is 0.192 e. The number of benzene rings is 2. The third kappa shape index (κ3) is 3.97. The van der Waals surface area contributed by atoms with E-state index in [2.05, 4.69) is 50.3 Å². The van der Waals surface area contributed by atoms with Crippen molar-refractivity contribution in [3.8, 4) is 12.1 Å². The van der Waals surface area contributed by atoms with Crippen LogP contribution < -0.4 is 0 Å². The van der Waals surface area contributed by atoms with Crippen LogP contribution in [0.5, 0.6) is 0 Å². The summed E-state index contributed by atoms with van der Waals surface area (Å²) in [5, 5.41) is 18.0. The molecule has 2 nitrogen and oxygen atoms in total. The number of nitriles is 2. The van der Waals surface area contributed by atoms with Crippen LogP contribution in [0.1, 0.15) is 73.6 Å². The van der Waals surface area contributed by atoms with E-state index >= 15 is 0 Å². The van der Waals surface area contributed by atoms with E-state index in [0.29, 0.717) is 23.7 Å². The molecule has 2 heteroatoms. The highest BCUT2D eigenvalue weighted by Crippen LogP contribution is 2.43. The standard InChI is InChI=1S/C24H26N2/c1-17(21-10-6-19(15-25)7-11-21)23-4-3-5-24(14-23)18(2)22-12-8-20(16-26)9-13-22/h6-13,17-18,23-24H,3-5,14H2,1-2H3/t17?,18?,23-,24-/m1/s1. The number of rotatable bonds is 4. The second kappa shape index (κ2) is 8.20. The molecule has 0 saturated heterocycles. The predicted molar refractivity (Wildman–Crippen MR) is 105 cm³/mol. The first-order valence-electron chi connectivity index (χ1n) is 9.62. The van der Waals surface area contributed by atoms with Crippen LogP contribution in [0.2, 0.25) is 0 Å². The van der Waals surface area contributed by atoms with Crippen LogP contribution in [0.15, 0.2) is 48.5 Å². The van der Waals surface area contributed by atoms with Gasteiger partial charge in [0.15, 0.2) is 0 Å². The van der Waals surface area contributed by atoms with Crippen molar-refractivity contribution in [1.29, 1.82) is 10.5 Å². The monoisotopic (exact) mass is 342 g/mol. The second-order valence-electron chi connectivity index (χ2n) is 7.73. The Morgan fingerprint density at radius 1 is 0.731 bits per heavy atom. The smallest absolute Gasteiger partial charge is 0.0991 e. The molecule has 2 unspecified atom stereocenters. The summed E-state index contributed by atoms with van der Waals surface area (Å²) in [5.74, 6) is 2.45. The van der Waals surface area contributed by atoms with Crippen molar-refractivity contribution in [2.45, 2.75) is 51.4 Å². The number of hydrogen-bond acceptors (Lipinski definition) is 2. The van der Waals surface area contributed by atoms with Gasteiger partial charge in [0.1, 0.15) is 0 Å². The van der Waals surface area contributed by atoms with E-state index in [1.165, 1.54) is 36.8 Å². The average Bonchev–Trinajstić information content (AvgIpc) is 2.73. The van der Waals surface area contributed by atoms with Gasteiger partial charge < -0.3 is 0 Å². The molecule has 1 saturated carbocycles. The average molecular weight is 342 g/mol. The summed E-state index contributed by atoms with van der Waals surface area (Å²) in [6.45, 7) is 4.67. The third-order valence-corrected chi connectivity index (χ3v) is 6.30. The molecule has 2 aromatic carbocycles. The van der Waals surface area contributed by atoms with Gasteiger partial charge in [0, 0.05) is 0 Å². The molecule has 0 radical (unpaired) electrons. The van der Waals surface area contributed by atoms with Crippen molar-refractivity contribution in [3.63, 3.8) is 0 Å². The van der Waals surface area contributed by atoms with Gasteiger partial charge in [0.25, 0.3) is 0 Å². The van der Waals surface area contributed by atoms with Crippen molar-refractivity contribution in [2.24, 2.45) is 11.8 Å². The van der Waals surface area contributed by atoms with Crippen LogP contribution in [0.25, 0.3) is 0 Å². The van der Waals surface area contributed by atoms with Crippen LogP contribution in [0.4, 0.5) is 0 Å². The van der Waals surface area contributed by atoms with E-state index in [1.807, 2.05) is 24.3 Å². The van der Waals surface area contributed by atoms with Crippen LogP contribution >= 0.6 is 0 Å². The minimum absolute atomic E-state index is 0.527. The number of nitrogens with zero attached hydrogens (tertiary/aromatic N) is 2. The Morgan fingerprint density at radius 2 is 1.12 bits per heavy atom. The maximum atomic E-state index is 8.98. The Hall–Kier alpha value is -2.58. The van der Waals surface area contributed by atoms with E-state index in [0.717, 1.165) is 11.1 Å². The molecule has 132 valence electrons. The fraction of sp³-hybridized carbons (Fsp3) is 0.417. The lowest BCUT2D eigenvalue weighted by atomic mass is 9.69. The molecule has 0 aliphatic heterocycles. The Bertz CT molecular complexity index is 736. The van der Waals surface area contributed by atoms with Gasteiger partial charge in [0.2, 0.25) is 0 Å². The Morgan fingerprint density at radius 3 is 1.46 bits per heavy atom. The van der Waals surface area contributed by atoms with Gasteiger partial charge in [-0.05, 0) is 78.3 Å². The minimum Gasteiger partial charge on any atom is -0.192 e. The van der Waals surface area contributed by atoms with E-state index in [1.54, 1.807) is 0 Å². The lowest BCUT2D eigenvalue weighted by Gasteiger charge is -2.36. The fourth-order valence-corrected chi connectivity index (χ4v) is 4.44. The summed E-state index contributed by atoms with van der Waals surface area (Å²) >= 11 is 0. The first kappa shape index (κ1) is 18.2. The maximum absolute atomic E-state index is 8.98. The highest BCUT2D eigenvalue weighted by atomic mass is 14.4. The maximum Gasteiger partial charge on any atom is 0.0991 e. The van der Waals surface area contributed by atoms with Gasteiger partial charge in [0.05, 0.1) is 23.3 Å². The van der Waals surface area contributed by atoms with Crippen molar-refractivity contribution in [2.75, 3.05) is 0 Å². The van der Waals surface area contributed by atoms with E-state index < -0.39 is 0 Å². The summed E-state index contributed by atoms with van der Waals surface area (Å²) in [7, 11) is 0. The van der Waals surface area contributed by atoms with Gasteiger partial charge >= 0.3 is 0 Å². The van der Waals surface area contributed by atoms with E-state index in [9.17, 15) is 0 Å². The molecule has 4 atom stereocenters. The summed E-state index contributed by atoms with van der Waals surface area (Å²) in [5.41, 5.74) is 4.16. The summed E-state index contributed by atoms with van der Waals surface area (Å²) in [6, 6.07) is 20.6. The Kier molecular flexibility index (Phi) is 5.75. The molecule has 26 heavy (non-hydrogen) atoms. The molecule has 2 aromatic rings. The zero-order valence-electron chi connectivity index (χ0n) is 15.7. The first-order chi connectivity index (χ1) is 12.6. The SMILES string of the molecule is CC(c1ccc(C#N)cc1)[C@@H]1CCC[C@@H](C(C)c2ccc(C#N)cc2)C1. The third-order valence-electron chi connectivity index (χ3n) is 6.30. The molecule has 3 rings (SSSR count). The highest BCUT2D eigenvalue weighted by molar-refractivity contribution is 5.34. The van der Waals surface area contributed by atoms with Gasteiger partial charge in [-0.3, -0.25) is 0 Å². The lowest BCUT2D eigenvalue weighted by Crippen LogP contribution is -2.23. The topological polar surface area (TPSA) is 47.6 Å². The van der Waals surface area contributed by atoms with Gasteiger partial charge in [-0.2, -0.15) is 10.5 Å². The van der Waals surface area contributed by atoms with E-state index in [-0.39, 0.29) is 0 Å². The molecular formula is C24H26N2. The summed E-state index contributed by atoms with van der Waals surface area (Å²) in [6.07, 6.45) is 5.12. The molecule has 0 aromatic heterocycles. The summed E-state index contributed by atoms with van der Waals surface area (Å²) in [4.78, 5) is 0. The normalized spacial score (nSPS) is 22.0. The molecule has 1 fully saturated rings. The lowest BCUT2D eigenvalue weighted by molar-refractivity contribution is 0.217.